The molecule has 7 heteroatoms. The molecule has 1 amide bonds. The van der Waals surface area contributed by atoms with E-state index in [1.165, 1.54) is 6.20 Å². The third-order valence-corrected chi connectivity index (χ3v) is 4.15. The van der Waals surface area contributed by atoms with E-state index in [0.717, 1.165) is 11.1 Å². The Morgan fingerprint density at radius 3 is 2.81 bits per heavy atom. The summed E-state index contributed by atoms with van der Waals surface area (Å²) in [5.41, 5.74) is 1.50. The van der Waals surface area contributed by atoms with E-state index in [9.17, 15) is 9.59 Å². The van der Waals surface area contributed by atoms with E-state index >= 15 is 0 Å². The molecule has 2 aromatic heterocycles. The van der Waals surface area contributed by atoms with Crippen LogP contribution in [0.25, 0.3) is 11.4 Å². The average molecular weight is 351 g/mol. The molecule has 0 unspecified atom stereocenters. The standard InChI is InChI=1S/C19H21N5O2/c1-3-23(10-11-24-9-5-8-21-24)19(26)16-13-20-17(22-18(16)25)15-7-4-6-14(2)12-15/h4-9,12-13H,3,10-11H2,1-2H3,(H,20,22,25). The first kappa shape index (κ1) is 17.6. The van der Waals surface area contributed by atoms with Crippen LogP contribution in [0.3, 0.4) is 0 Å². The number of aromatic amines is 1. The Hall–Kier alpha value is -3.22. The van der Waals surface area contributed by atoms with Gasteiger partial charge in [-0.1, -0.05) is 23.8 Å². The molecule has 0 spiro atoms. The minimum absolute atomic E-state index is 0.0451. The topological polar surface area (TPSA) is 83.9 Å². The zero-order valence-electron chi connectivity index (χ0n) is 14.8. The number of benzene rings is 1. The van der Waals surface area contributed by atoms with Gasteiger partial charge in [-0.2, -0.15) is 5.10 Å². The van der Waals surface area contributed by atoms with E-state index in [2.05, 4.69) is 15.1 Å². The minimum Gasteiger partial charge on any atom is -0.337 e. The molecule has 0 bridgehead atoms. The van der Waals surface area contributed by atoms with E-state index in [4.69, 9.17) is 0 Å². The first-order valence-corrected chi connectivity index (χ1v) is 8.51. The first-order valence-electron chi connectivity index (χ1n) is 8.51. The highest BCUT2D eigenvalue weighted by Crippen LogP contribution is 2.14. The molecule has 0 aliphatic carbocycles. The van der Waals surface area contributed by atoms with Crippen LogP contribution in [0.1, 0.15) is 22.8 Å². The number of likely N-dealkylation sites (N-methyl/N-ethyl adjacent to an activating group) is 1. The molecule has 0 radical (unpaired) electrons. The maximum Gasteiger partial charge on any atom is 0.264 e. The van der Waals surface area contributed by atoms with Crippen molar-refractivity contribution in [1.82, 2.24) is 24.6 Å². The molecule has 0 saturated carbocycles. The van der Waals surface area contributed by atoms with Crippen LogP contribution in [-0.4, -0.2) is 43.6 Å². The molecule has 1 aromatic carbocycles. The van der Waals surface area contributed by atoms with Gasteiger partial charge in [0.2, 0.25) is 0 Å². The monoisotopic (exact) mass is 351 g/mol. The van der Waals surface area contributed by atoms with Gasteiger partial charge < -0.3 is 9.88 Å². The van der Waals surface area contributed by atoms with Crippen molar-refractivity contribution >= 4 is 5.91 Å². The highest BCUT2D eigenvalue weighted by Gasteiger charge is 2.18. The molecule has 3 aromatic rings. The van der Waals surface area contributed by atoms with Crippen LogP contribution in [0.5, 0.6) is 0 Å². The number of aromatic nitrogens is 4. The Morgan fingerprint density at radius 2 is 2.15 bits per heavy atom. The van der Waals surface area contributed by atoms with Gasteiger partial charge in [-0.05, 0) is 26.0 Å². The van der Waals surface area contributed by atoms with Gasteiger partial charge in [-0.25, -0.2) is 4.98 Å². The van der Waals surface area contributed by atoms with Crippen molar-refractivity contribution in [2.75, 3.05) is 13.1 Å². The summed E-state index contributed by atoms with van der Waals surface area (Å²) >= 11 is 0. The number of H-pyrrole nitrogens is 1. The first-order chi connectivity index (χ1) is 12.6. The fourth-order valence-corrected chi connectivity index (χ4v) is 2.72. The predicted octanol–water partition coefficient (Wildman–Crippen LogP) is 2.10. The minimum atomic E-state index is -0.431. The summed E-state index contributed by atoms with van der Waals surface area (Å²) in [5, 5.41) is 4.12. The molecule has 134 valence electrons. The van der Waals surface area contributed by atoms with Gasteiger partial charge in [0.1, 0.15) is 11.4 Å². The van der Waals surface area contributed by atoms with E-state index in [1.54, 1.807) is 15.8 Å². The van der Waals surface area contributed by atoms with E-state index in [1.807, 2.05) is 50.4 Å². The molecule has 1 N–H and O–H groups in total. The van der Waals surface area contributed by atoms with Crippen LogP contribution < -0.4 is 5.56 Å². The van der Waals surface area contributed by atoms with Crippen LogP contribution in [0.4, 0.5) is 0 Å². The summed E-state index contributed by atoms with van der Waals surface area (Å²) in [6.07, 6.45) is 4.88. The number of hydrogen-bond donors (Lipinski definition) is 1. The largest absolute Gasteiger partial charge is 0.337 e. The molecular weight excluding hydrogens is 330 g/mol. The van der Waals surface area contributed by atoms with E-state index < -0.39 is 5.56 Å². The zero-order chi connectivity index (χ0) is 18.5. The second-order valence-corrected chi connectivity index (χ2v) is 6.00. The summed E-state index contributed by atoms with van der Waals surface area (Å²) in [6.45, 7) is 5.39. The molecule has 26 heavy (non-hydrogen) atoms. The Morgan fingerprint density at radius 1 is 1.31 bits per heavy atom. The summed E-state index contributed by atoms with van der Waals surface area (Å²) in [6, 6.07) is 9.50. The van der Waals surface area contributed by atoms with Crippen molar-refractivity contribution in [3.8, 4) is 11.4 Å². The predicted molar refractivity (Wildman–Crippen MR) is 98.8 cm³/mol. The number of aryl methyl sites for hydroxylation is 1. The van der Waals surface area contributed by atoms with E-state index in [0.29, 0.717) is 25.5 Å². The molecule has 0 aliphatic heterocycles. The molecule has 3 rings (SSSR count). The number of rotatable bonds is 6. The SMILES string of the molecule is CCN(CCn1cccn1)C(=O)c1cnc(-c2cccc(C)c2)[nH]c1=O. The number of amides is 1. The van der Waals surface area contributed by atoms with Crippen molar-refractivity contribution in [1.29, 1.82) is 0 Å². The second-order valence-electron chi connectivity index (χ2n) is 6.00. The van der Waals surface area contributed by atoms with Crippen molar-refractivity contribution in [3.05, 3.63) is 70.4 Å². The van der Waals surface area contributed by atoms with Crippen LogP contribution >= 0.6 is 0 Å². The molecule has 0 aliphatic rings. The van der Waals surface area contributed by atoms with Crippen LogP contribution in [0, 0.1) is 6.92 Å². The normalized spacial score (nSPS) is 10.7. The third-order valence-electron chi connectivity index (χ3n) is 4.15. The van der Waals surface area contributed by atoms with Gasteiger partial charge >= 0.3 is 0 Å². The van der Waals surface area contributed by atoms with Crippen molar-refractivity contribution in [2.24, 2.45) is 0 Å². The lowest BCUT2D eigenvalue weighted by Gasteiger charge is -2.20. The molecule has 0 saturated heterocycles. The Labute approximate surface area is 151 Å². The van der Waals surface area contributed by atoms with Crippen LogP contribution in [-0.2, 0) is 6.54 Å². The Balaban J connectivity index is 1.79. The highest BCUT2D eigenvalue weighted by atomic mass is 16.2. The number of carbonyl (C=O) groups is 1. The van der Waals surface area contributed by atoms with Crippen molar-refractivity contribution < 1.29 is 4.79 Å². The lowest BCUT2D eigenvalue weighted by molar-refractivity contribution is 0.0755. The quantitative estimate of drug-likeness (QED) is 0.737. The summed E-state index contributed by atoms with van der Waals surface area (Å²) in [4.78, 5) is 33.7. The lowest BCUT2D eigenvalue weighted by Crippen LogP contribution is -2.37. The maximum absolute atomic E-state index is 12.7. The van der Waals surface area contributed by atoms with Crippen LogP contribution in [0.15, 0.2) is 53.7 Å². The van der Waals surface area contributed by atoms with Gasteiger partial charge in [-0.3, -0.25) is 14.3 Å². The fourth-order valence-electron chi connectivity index (χ4n) is 2.72. The molecule has 0 fully saturated rings. The van der Waals surface area contributed by atoms with Gasteiger partial charge in [0, 0.05) is 37.2 Å². The maximum atomic E-state index is 12.7. The molecule has 7 nitrogen and oxygen atoms in total. The second kappa shape index (κ2) is 7.77. The van der Waals surface area contributed by atoms with Gasteiger partial charge in [0.25, 0.3) is 11.5 Å². The summed E-state index contributed by atoms with van der Waals surface area (Å²) < 4.78 is 1.75. The highest BCUT2D eigenvalue weighted by molar-refractivity contribution is 5.93. The number of nitrogens with zero attached hydrogens (tertiary/aromatic N) is 4. The number of carbonyl (C=O) groups excluding carboxylic acids is 1. The van der Waals surface area contributed by atoms with E-state index in [-0.39, 0.29) is 11.5 Å². The Bertz CT molecular complexity index is 947. The molecular formula is C19H21N5O2. The van der Waals surface area contributed by atoms with Crippen molar-refractivity contribution in [2.45, 2.75) is 20.4 Å². The van der Waals surface area contributed by atoms with Crippen LogP contribution in [0.2, 0.25) is 0 Å². The molecule has 0 atom stereocenters. The van der Waals surface area contributed by atoms with Gasteiger partial charge in [0.05, 0.1) is 6.54 Å². The number of hydrogen-bond acceptors (Lipinski definition) is 4. The third kappa shape index (κ3) is 3.88. The lowest BCUT2D eigenvalue weighted by atomic mass is 10.1. The zero-order valence-corrected chi connectivity index (χ0v) is 14.8. The Kier molecular flexibility index (Phi) is 5.26. The summed E-state index contributed by atoms with van der Waals surface area (Å²) in [5.74, 6) is 0.124. The fraction of sp³-hybridized carbons (Fsp3) is 0.263. The average Bonchev–Trinajstić information content (AvgIpc) is 3.15. The number of nitrogens with one attached hydrogen (secondary N) is 1. The van der Waals surface area contributed by atoms with Crippen molar-refractivity contribution in [3.63, 3.8) is 0 Å². The smallest absolute Gasteiger partial charge is 0.264 e. The van der Waals surface area contributed by atoms with Gasteiger partial charge in [0.15, 0.2) is 0 Å². The molecule has 2 heterocycles. The summed E-state index contributed by atoms with van der Waals surface area (Å²) in [7, 11) is 0. The van der Waals surface area contributed by atoms with Gasteiger partial charge in [-0.15, -0.1) is 0 Å².